The van der Waals surface area contributed by atoms with Gasteiger partial charge in [-0.3, -0.25) is 4.79 Å². The summed E-state index contributed by atoms with van der Waals surface area (Å²) in [4.78, 5) is 14.1. The van der Waals surface area contributed by atoms with Crippen molar-refractivity contribution in [1.29, 1.82) is 0 Å². The van der Waals surface area contributed by atoms with Gasteiger partial charge < -0.3 is 15.4 Å². The van der Waals surface area contributed by atoms with Crippen molar-refractivity contribution in [1.82, 2.24) is 4.90 Å². The maximum absolute atomic E-state index is 12.4. The number of nitrogens with two attached hydrogens (primary N) is 1. The second-order valence-corrected chi connectivity index (χ2v) is 5.43. The molecule has 116 valence electrons. The molecule has 2 aromatic carbocycles. The van der Waals surface area contributed by atoms with Crippen molar-refractivity contribution in [2.75, 3.05) is 14.2 Å². The third-order valence-corrected chi connectivity index (χ3v) is 3.66. The Kier molecular flexibility index (Phi) is 5.17. The predicted molar refractivity (Wildman–Crippen MR) is 87.6 cm³/mol. The molecule has 0 saturated heterocycles. The van der Waals surface area contributed by atoms with Crippen LogP contribution in [0.25, 0.3) is 0 Å². The van der Waals surface area contributed by atoms with E-state index in [2.05, 4.69) is 0 Å². The maximum Gasteiger partial charge on any atom is 0.244 e. The number of aryl methyl sites for hydroxylation is 1. The second-order valence-electron chi connectivity index (χ2n) is 5.43. The summed E-state index contributed by atoms with van der Waals surface area (Å²) < 4.78 is 5.13. The average Bonchev–Trinajstić information content (AvgIpc) is 2.55. The fraction of sp³-hybridized carbons (Fsp3) is 0.278. The van der Waals surface area contributed by atoms with Crippen LogP contribution < -0.4 is 10.5 Å². The molecule has 0 heterocycles. The van der Waals surface area contributed by atoms with Gasteiger partial charge in [0.15, 0.2) is 0 Å². The summed E-state index contributed by atoms with van der Waals surface area (Å²) in [5.74, 6) is 0.703. The Morgan fingerprint density at radius 1 is 1.14 bits per heavy atom. The number of ether oxygens (including phenoxy) is 1. The molecule has 0 aromatic heterocycles. The van der Waals surface area contributed by atoms with E-state index in [0.717, 1.165) is 22.4 Å². The molecule has 0 radical (unpaired) electrons. The van der Waals surface area contributed by atoms with Crippen LogP contribution in [0, 0.1) is 6.92 Å². The number of amides is 1. The quantitative estimate of drug-likeness (QED) is 0.923. The Labute approximate surface area is 131 Å². The topological polar surface area (TPSA) is 55.6 Å². The predicted octanol–water partition coefficient (Wildman–Crippen LogP) is 2.66. The average molecular weight is 298 g/mol. The largest absolute Gasteiger partial charge is 0.497 e. The maximum atomic E-state index is 12.4. The Balaban J connectivity index is 2.02. The minimum absolute atomic E-state index is 0.0975. The summed E-state index contributed by atoms with van der Waals surface area (Å²) in [6.45, 7) is 2.52. The van der Waals surface area contributed by atoms with Gasteiger partial charge in [0.2, 0.25) is 5.91 Å². The van der Waals surface area contributed by atoms with Crippen LogP contribution in [0.2, 0.25) is 0 Å². The van der Waals surface area contributed by atoms with Gasteiger partial charge >= 0.3 is 0 Å². The molecule has 2 aromatic rings. The highest BCUT2D eigenvalue weighted by molar-refractivity contribution is 5.82. The molecule has 2 N–H and O–H groups in total. The van der Waals surface area contributed by atoms with Crippen molar-refractivity contribution in [2.24, 2.45) is 5.73 Å². The van der Waals surface area contributed by atoms with E-state index in [1.165, 1.54) is 0 Å². The lowest BCUT2D eigenvalue weighted by Crippen LogP contribution is -2.35. The Hall–Kier alpha value is -2.33. The van der Waals surface area contributed by atoms with E-state index in [9.17, 15) is 4.79 Å². The molecule has 1 atom stereocenters. The highest BCUT2D eigenvalue weighted by atomic mass is 16.5. The molecule has 0 spiro atoms. The molecule has 0 aliphatic heterocycles. The number of hydrogen-bond acceptors (Lipinski definition) is 3. The monoisotopic (exact) mass is 298 g/mol. The lowest BCUT2D eigenvalue weighted by molar-refractivity contribution is -0.131. The van der Waals surface area contributed by atoms with E-state index >= 15 is 0 Å². The van der Waals surface area contributed by atoms with E-state index in [-0.39, 0.29) is 5.91 Å². The number of methoxy groups -OCH3 is 1. The van der Waals surface area contributed by atoms with E-state index in [1.807, 2.05) is 55.5 Å². The molecule has 4 nitrogen and oxygen atoms in total. The van der Waals surface area contributed by atoms with Crippen molar-refractivity contribution in [3.8, 4) is 5.75 Å². The number of carbonyl (C=O) groups excluding carboxylic acids is 1. The number of carbonyl (C=O) groups is 1. The van der Waals surface area contributed by atoms with Gasteiger partial charge in [0.1, 0.15) is 11.8 Å². The van der Waals surface area contributed by atoms with Crippen LogP contribution in [0.5, 0.6) is 5.75 Å². The minimum Gasteiger partial charge on any atom is -0.497 e. The molecule has 0 saturated carbocycles. The summed E-state index contributed by atoms with van der Waals surface area (Å²) in [5, 5.41) is 0. The molecule has 0 aliphatic carbocycles. The molecule has 4 heteroatoms. The standard InChI is InChI=1S/C18H22N2O2/c1-13-4-8-15(9-5-13)17(19)18(21)20(2)12-14-6-10-16(22-3)11-7-14/h4-11,17H,12,19H2,1-3H3. The van der Waals surface area contributed by atoms with Gasteiger partial charge in [-0.05, 0) is 30.2 Å². The number of hydrogen-bond donors (Lipinski definition) is 1. The van der Waals surface area contributed by atoms with Crippen molar-refractivity contribution in [2.45, 2.75) is 19.5 Å². The van der Waals surface area contributed by atoms with E-state index in [1.54, 1.807) is 19.1 Å². The number of nitrogens with zero attached hydrogens (tertiary/aromatic N) is 1. The Morgan fingerprint density at radius 2 is 1.73 bits per heavy atom. The van der Waals surface area contributed by atoms with Gasteiger partial charge in [-0.2, -0.15) is 0 Å². The van der Waals surface area contributed by atoms with Gasteiger partial charge in [-0.15, -0.1) is 0 Å². The van der Waals surface area contributed by atoms with Gasteiger partial charge in [0.25, 0.3) is 0 Å². The number of rotatable bonds is 5. The molecule has 1 amide bonds. The normalized spacial score (nSPS) is 11.8. The zero-order valence-electron chi connectivity index (χ0n) is 13.2. The van der Waals surface area contributed by atoms with E-state index in [4.69, 9.17) is 10.5 Å². The number of benzene rings is 2. The lowest BCUT2D eigenvalue weighted by Gasteiger charge is -2.22. The highest BCUT2D eigenvalue weighted by Crippen LogP contribution is 2.16. The molecule has 0 aliphatic rings. The first-order valence-electron chi connectivity index (χ1n) is 7.21. The van der Waals surface area contributed by atoms with Crippen molar-refractivity contribution < 1.29 is 9.53 Å². The minimum atomic E-state index is -0.635. The first kappa shape index (κ1) is 16.0. The van der Waals surface area contributed by atoms with Crippen LogP contribution in [0.3, 0.4) is 0 Å². The summed E-state index contributed by atoms with van der Waals surface area (Å²) in [6.07, 6.45) is 0. The van der Waals surface area contributed by atoms with Gasteiger partial charge in [0.05, 0.1) is 7.11 Å². The lowest BCUT2D eigenvalue weighted by atomic mass is 10.0. The molecule has 22 heavy (non-hydrogen) atoms. The molecular formula is C18H22N2O2. The van der Waals surface area contributed by atoms with Gasteiger partial charge in [-0.1, -0.05) is 42.0 Å². The van der Waals surface area contributed by atoms with Crippen molar-refractivity contribution in [3.63, 3.8) is 0 Å². The van der Waals surface area contributed by atoms with Crippen LogP contribution in [-0.2, 0) is 11.3 Å². The molecule has 0 fully saturated rings. The molecular weight excluding hydrogens is 276 g/mol. The third-order valence-electron chi connectivity index (χ3n) is 3.66. The van der Waals surface area contributed by atoms with Crippen LogP contribution in [0.4, 0.5) is 0 Å². The third kappa shape index (κ3) is 3.86. The summed E-state index contributed by atoms with van der Waals surface area (Å²) in [5.41, 5.74) is 9.09. The fourth-order valence-corrected chi connectivity index (χ4v) is 2.24. The van der Waals surface area contributed by atoms with Gasteiger partial charge in [-0.25, -0.2) is 0 Å². The smallest absolute Gasteiger partial charge is 0.244 e. The first-order valence-corrected chi connectivity index (χ1v) is 7.21. The second kappa shape index (κ2) is 7.09. The highest BCUT2D eigenvalue weighted by Gasteiger charge is 2.19. The number of likely N-dealkylation sites (N-methyl/N-ethyl adjacent to an activating group) is 1. The SMILES string of the molecule is COc1ccc(CN(C)C(=O)C(N)c2ccc(C)cc2)cc1. The first-order chi connectivity index (χ1) is 10.5. The summed E-state index contributed by atoms with van der Waals surface area (Å²) in [6, 6.07) is 14.8. The van der Waals surface area contributed by atoms with Crippen molar-refractivity contribution in [3.05, 3.63) is 65.2 Å². The zero-order valence-corrected chi connectivity index (χ0v) is 13.2. The summed E-state index contributed by atoms with van der Waals surface area (Å²) in [7, 11) is 3.39. The van der Waals surface area contributed by atoms with E-state index < -0.39 is 6.04 Å². The van der Waals surface area contributed by atoms with Crippen LogP contribution >= 0.6 is 0 Å². The van der Waals surface area contributed by atoms with Crippen LogP contribution in [0.15, 0.2) is 48.5 Å². The fourth-order valence-electron chi connectivity index (χ4n) is 2.24. The van der Waals surface area contributed by atoms with Crippen LogP contribution in [0.1, 0.15) is 22.7 Å². The summed E-state index contributed by atoms with van der Waals surface area (Å²) >= 11 is 0. The Morgan fingerprint density at radius 3 is 2.27 bits per heavy atom. The molecule has 1 unspecified atom stereocenters. The molecule has 0 bridgehead atoms. The zero-order chi connectivity index (χ0) is 16.1. The van der Waals surface area contributed by atoms with E-state index in [0.29, 0.717) is 6.54 Å². The molecule has 2 rings (SSSR count). The van der Waals surface area contributed by atoms with Gasteiger partial charge in [0, 0.05) is 13.6 Å². The Bertz CT molecular complexity index is 621. The van der Waals surface area contributed by atoms with Crippen LogP contribution in [-0.4, -0.2) is 25.0 Å². The van der Waals surface area contributed by atoms with Crippen molar-refractivity contribution >= 4 is 5.91 Å².